The van der Waals surface area contributed by atoms with Gasteiger partial charge in [-0.15, -0.1) is 5.10 Å². The molecule has 0 atom stereocenters. The molecule has 0 aliphatic carbocycles. The largest absolute Gasteiger partial charge is 0.461 e. The Hall–Kier alpha value is -4.18. The van der Waals surface area contributed by atoms with E-state index in [1.807, 2.05) is 16.8 Å². The molecule has 0 radical (unpaired) electrons. The van der Waals surface area contributed by atoms with Gasteiger partial charge in [0.15, 0.2) is 5.76 Å². The van der Waals surface area contributed by atoms with Gasteiger partial charge in [0.2, 0.25) is 17.7 Å². The Labute approximate surface area is 242 Å². The second kappa shape index (κ2) is 11.6. The lowest BCUT2D eigenvalue weighted by atomic mass is 10.1. The summed E-state index contributed by atoms with van der Waals surface area (Å²) in [5.74, 6) is 0.341. The molecule has 5 heterocycles. The van der Waals surface area contributed by atoms with Crippen molar-refractivity contribution >= 4 is 40.1 Å². The third kappa shape index (κ3) is 5.63. The summed E-state index contributed by atoms with van der Waals surface area (Å²) in [4.78, 5) is 33.6. The monoisotopic (exact) mass is 600 g/mol. The van der Waals surface area contributed by atoms with E-state index < -0.39 is 28.3 Å². The van der Waals surface area contributed by atoms with Gasteiger partial charge in [-0.3, -0.25) is 13.9 Å². The SMILES string of the molecule is CN(CCN1CCN(c2cc(C(=O)N3CCS(=O)CC3)c(F)cc2F)CC1)c1nc(N)n2nc(-c3ccco3)nc2n1. The predicted octanol–water partition coefficient (Wildman–Crippen LogP) is 1.10. The predicted molar refractivity (Wildman–Crippen MR) is 153 cm³/mol. The number of piperazine rings is 1. The van der Waals surface area contributed by atoms with Gasteiger partial charge in [0, 0.05) is 87.8 Å². The van der Waals surface area contributed by atoms with Gasteiger partial charge in [-0.2, -0.15) is 19.5 Å². The van der Waals surface area contributed by atoms with Crippen molar-refractivity contribution in [3.8, 4) is 11.6 Å². The summed E-state index contributed by atoms with van der Waals surface area (Å²) in [7, 11) is 0.892. The summed E-state index contributed by atoms with van der Waals surface area (Å²) in [5.41, 5.74) is 6.16. The number of nitrogens with zero attached hydrogens (tertiary/aromatic N) is 9. The van der Waals surface area contributed by atoms with Gasteiger partial charge in [-0.25, -0.2) is 8.78 Å². The number of amides is 1. The van der Waals surface area contributed by atoms with Crippen molar-refractivity contribution in [2.24, 2.45) is 0 Å². The fourth-order valence-electron chi connectivity index (χ4n) is 5.03. The number of benzene rings is 1. The zero-order valence-electron chi connectivity index (χ0n) is 22.9. The fourth-order valence-corrected chi connectivity index (χ4v) is 6.09. The maximum absolute atomic E-state index is 14.8. The average molecular weight is 601 g/mol. The van der Waals surface area contributed by atoms with E-state index >= 15 is 0 Å². The molecule has 3 aromatic heterocycles. The standard InChI is InChI=1S/C26H30F2N10O3S/c1-34(25-31-24(29)38-26(32-25)30-22(33-38)21-3-2-12-41-21)4-5-35-6-8-36(9-7-35)20-15-17(18(27)16-19(20)28)23(39)37-10-13-42(40)14-11-37/h2-3,12,15-16H,4-11,13-14H2,1H3,(H2,29,30,31,32,33). The van der Waals surface area contributed by atoms with Crippen molar-refractivity contribution in [2.45, 2.75) is 0 Å². The van der Waals surface area contributed by atoms with Crippen LogP contribution in [0.3, 0.4) is 0 Å². The van der Waals surface area contributed by atoms with Crippen molar-refractivity contribution in [1.29, 1.82) is 0 Å². The van der Waals surface area contributed by atoms with E-state index in [1.165, 1.54) is 21.7 Å². The highest BCUT2D eigenvalue weighted by Gasteiger charge is 2.27. The smallest absolute Gasteiger partial charge is 0.259 e. The first-order valence-corrected chi connectivity index (χ1v) is 15.0. The number of carbonyl (C=O) groups excluding carboxylic acids is 1. The number of rotatable bonds is 7. The highest BCUT2D eigenvalue weighted by molar-refractivity contribution is 7.85. The van der Waals surface area contributed by atoms with Gasteiger partial charge in [-0.1, -0.05) is 0 Å². The van der Waals surface area contributed by atoms with Crippen molar-refractivity contribution in [1.82, 2.24) is 34.4 Å². The molecule has 2 aliphatic heterocycles. The van der Waals surface area contributed by atoms with Crippen LogP contribution in [-0.2, 0) is 10.8 Å². The summed E-state index contributed by atoms with van der Waals surface area (Å²) >= 11 is 0. The first-order valence-electron chi connectivity index (χ1n) is 13.5. The number of hydrogen-bond acceptors (Lipinski definition) is 11. The maximum atomic E-state index is 14.8. The number of nitrogen functional groups attached to an aromatic ring is 1. The van der Waals surface area contributed by atoms with Crippen LogP contribution in [0.4, 0.5) is 26.4 Å². The van der Waals surface area contributed by atoms with Crippen molar-refractivity contribution < 1.29 is 22.2 Å². The van der Waals surface area contributed by atoms with Crippen LogP contribution in [0, 0.1) is 11.6 Å². The molecule has 2 fully saturated rings. The number of likely N-dealkylation sites (N-methyl/N-ethyl adjacent to an activating group) is 1. The molecule has 1 aromatic carbocycles. The summed E-state index contributed by atoms with van der Waals surface area (Å²) in [6.45, 7) is 4.17. The van der Waals surface area contributed by atoms with Gasteiger partial charge in [-0.05, 0) is 18.2 Å². The topological polar surface area (TPSA) is 142 Å². The van der Waals surface area contributed by atoms with Gasteiger partial charge in [0.1, 0.15) is 11.6 Å². The second-order valence-electron chi connectivity index (χ2n) is 10.2. The Morgan fingerprint density at radius 1 is 1.07 bits per heavy atom. The zero-order valence-corrected chi connectivity index (χ0v) is 23.8. The van der Waals surface area contributed by atoms with Crippen molar-refractivity contribution in [3.63, 3.8) is 0 Å². The van der Waals surface area contributed by atoms with Crippen LogP contribution < -0.4 is 15.5 Å². The molecule has 2 N–H and O–H groups in total. The van der Waals surface area contributed by atoms with Gasteiger partial charge in [0.05, 0.1) is 17.5 Å². The molecular formula is C26H30F2N10O3S. The van der Waals surface area contributed by atoms with Crippen molar-refractivity contribution in [2.75, 3.05) is 86.4 Å². The third-order valence-electron chi connectivity index (χ3n) is 7.50. The van der Waals surface area contributed by atoms with Crippen LogP contribution in [0.5, 0.6) is 0 Å². The fraction of sp³-hybridized carbons (Fsp3) is 0.423. The van der Waals surface area contributed by atoms with Crippen LogP contribution in [0.2, 0.25) is 0 Å². The van der Waals surface area contributed by atoms with Crippen LogP contribution in [-0.4, -0.2) is 115 Å². The van der Waals surface area contributed by atoms with Crippen LogP contribution >= 0.6 is 0 Å². The number of halogens is 2. The molecule has 13 nitrogen and oxygen atoms in total. The first-order chi connectivity index (χ1) is 20.3. The quantitative estimate of drug-likeness (QED) is 0.326. The lowest BCUT2D eigenvalue weighted by molar-refractivity contribution is 0.0766. The molecule has 2 saturated heterocycles. The number of carbonyl (C=O) groups is 1. The molecule has 0 spiro atoms. The summed E-state index contributed by atoms with van der Waals surface area (Å²) < 4.78 is 47.8. The molecule has 2 aliphatic rings. The molecule has 0 unspecified atom stereocenters. The van der Waals surface area contributed by atoms with Crippen LogP contribution in [0.25, 0.3) is 17.4 Å². The minimum atomic E-state index is -0.967. The number of anilines is 3. The lowest BCUT2D eigenvalue weighted by Crippen LogP contribution is -2.48. The molecule has 0 bridgehead atoms. The van der Waals surface area contributed by atoms with Crippen LogP contribution in [0.1, 0.15) is 10.4 Å². The van der Waals surface area contributed by atoms with E-state index in [9.17, 15) is 17.8 Å². The van der Waals surface area contributed by atoms with E-state index in [0.29, 0.717) is 87.2 Å². The maximum Gasteiger partial charge on any atom is 0.259 e. The number of nitrogens with two attached hydrogens (primary N) is 1. The Morgan fingerprint density at radius 3 is 2.55 bits per heavy atom. The minimum absolute atomic E-state index is 0.148. The zero-order chi connectivity index (χ0) is 29.4. The summed E-state index contributed by atoms with van der Waals surface area (Å²) in [6, 6.07) is 5.57. The first kappa shape index (κ1) is 28.0. The molecule has 0 saturated carbocycles. The Kier molecular flexibility index (Phi) is 7.72. The molecule has 42 heavy (non-hydrogen) atoms. The summed E-state index contributed by atoms with van der Waals surface area (Å²) in [6.07, 6.45) is 1.53. The molecule has 222 valence electrons. The number of hydrogen-bond donors (Lipinski definition) is 1. The molecule has 4 aromatic rings. The van der Waals surface area contributed by atoms with Crippen LogP contribution in [0.15, 0.2) is 34.9 Å². The highest BCUT2D eigenvalue weighted by Crippen LogP contribution is 2.26. The Bertz CT molecular complexity index is 1610. The van der Waals surface area contributed by atoms with Crippen molar-refractivity contribution in [3.05, 3.63) is 47.7 Å². The van der Waals surface area contributed by atoms with Gasteiger partial charge >= 0.3 is 0 Å². The number of furan rings is 1. The normalized spacial score (nSPS) is 16.8. The molecule has 1 amide bonds. The van der Waals surface area contributed by atoms with Gasteiger partial charge < -0.3 is 24.9 Å². The molecule has 6 rings (SSSR count). The molecular weight excluding hydrogens is 570 g/mol. The van der Waals surface area contributed by atoms with E-state index in [2.05, 4.69) is 25.0 Å². The second-order valence-corrected chi connectivity index (χ2v) is 11.9. The number of aromatic nitrogens is 5. The van der Waals surface area contributed by atoms with E-state index in [1.54, 1.807) is 12.1 Å². The molecule has 16 heteroatoms. The number of fused-ring (bicyclic) bond motifs is 1. The Morgan fingerprint density at radius 2 is 1.83 bits per heavy atom. The van der Waals surface area contributed by atoms with Gasteiger partial charge in [0.25, 0.3) is 11.7 Å². The van der Waals surface area contributed by atoms with E-state index in [-0.39, 0.29) is 17.2 Å². The minimum Gasteiger partial charge on any atom is -0.461 e. The highest BCUT2D eigenvalue weighted by atomic mass is 32.2. The third-order valence-corrected chi connectivity index (χ3v) is 8.78. The van der Waals surface area contributed by atoms with E-state index in [4.69, 9.17) is 10.2 Å². The average Bonchev–Trinajstić information content (AvgIpc) is 3.67. The van der Waals surface area contributed by atoms with E-state index in [0.717, 1.165) is 6.07 Å². The lowest BCUT2D eigenvalue weighted by Gasteiger charge is -2.37. The Balaban J connectivity index is 1.06. The summed E-state index contributed by atoms with van der Waals surface area (Å²) in [5, 5.41) is 4.31.